The van der Waals surface area contributed by atoms with Crippen molar-refractivity contribution in [3.05, 3.63) is 79.0 Å². The number of pyridine rings is 1. The van der Waals surface area contributed by atoms with Gasteiger partial charge in [-0.1, -0.05) is 18.2 Å². The number of hydrogen-bond donors (Lipinski definition) is 0. The molecule has 2 aromatic rings. The molecule has 0 spiro atoms. The SMILES string of the molecule is C=CCN(CC=C)C(=O)c1cccnc1Oc1cccc(C(F)(F)F)c1. The van der Waals surface area contributed by atoms with Crippen molar-refractivity contribution in [1.82, 2.24) is 9.88 Å². The van der Waals surface area contributed by atoms with Gasteiger partial charge in [-0.15, -0.1) is 13.2 Å². The minimum Gasteiger partial charge on any atom is -0.438 e. The van der Waals surface area contributed by atoms with E-state index in [4.69, 9.17) is 4.74 Å². The van der Waals surface area contributed by atoms with E-state index < -0.39 is 11.7 Å². The topological polar surface area (TPSA) is 42.4 Å². The highest BCUT2D eigenvalue weighted by Gasteiger charge is 2.30. The van der Waals surface area contributed by atoms with Gasteiger partial charge in [0.25, 0.3) is 5.91 Å². The number of nitrogens with zero attached hydrogens (tertiary/aromatic N) is 2. The first-order valence-corrected chi connectivity index (χ1v) is 7.68. The lowest BCUT2D eigenvalue weighted by molar-refractivity contribution is -0.137. The third-order valence-electron chi connectivity index (χ3n) is 3.36. The van der Waals surface area contributed by atoms with Crippen LogP contribution in [0.1, 0.15) is 15.9 Å². The number of amides is 1. The number of alkyl halides is 3. The van der Waals surface area contributed by atoms with E-state index in [-0.39, 0.29) is 36.2 Å². The Bertz CT molecular complexity index is 793. The molecule has 0 unspecified atom stereocenters. The molecule has 0 saturated heterocycles. The second-order valence-corrected chi connectivity index (χ2v) is 5.27. The zero-order valence-corrected chi connectivity index (χ0v) is 13.9. The van der Waals surface area contributed by atoms with Crippen LogP contribution in [0.15, 0.2) is 67.9 Å². The van der Waals surface area contributed by atoms with Crippen LogP contribution in [0.4, 0.5) is 13.2 Å². The first kappa shape index (κ1) is 19.2. The first-order chi connectivity index (χ1) is 12.4. The standard InChI is InChI=1S/C19H17F3N2O2/c1-3-11-24(12-4-2)18(25)16-9-6-10-23-17(16)26-15-8-5-7-14(13-15)19(20,21)22/h3-10,13H,1-2,11-12H2. The number of halogens is 3. The Morgan fingerprint density at radius 2 is 1.85 bits per heavy atom. The number of hydrogen-bond acceptors (Lipinski definition) is 3. The predicted octanol–water partition coefficient (Wildman–Crippen LogP) is 4.71. The summed E-state index contributed by atoms with van der Waals surface area (Å²) in [5.41, 5.74) is -0.715. The maximum Gasteiger partial charge on any atom is 0.416 e. The molecular weight excluding hydrogens is 345 g/mol. The molecule has 1 amide bonds. The van der Waals surface area contributed by atoms with Crippen molar-refractivity contribution < 1.29 is 22.7 Å². The third kappa shape index (κ3) is 4.72. The summed E-state index contributed by atoms with van der Waals surface area (Å²) >= 11 is 0. The number of aromatic nitrogens is 1. The minimum absolute atomic E-state index is 0.0634. The fourth-order valence-corrected chi connectivity index (χ4v) is 2.20. The van der Waals surface area contributed by atoms with Crippen LogP contribution in [0.3, 0.4) is 0 Å². The summed E-state index contributed by atoms with van der Waals surface area (Å²) in [5, 5.41) is 0. The minimum atomic E-state index is -4.49. The average Bonchev–Trinajstić information content (AvgIpc) is 2.61. The Morgan fingerprint density at radius 1 is 1.15 bits per heavy atom. The van der Waals surface area contributed by atoms with Crippen molar-refractivity contribution in [2.24, 2.45) is 0 Å². The molecule has 0 atom stereocenters. The molecule has 136 valence electrons. The van der Waals surface area contributed by atoms with Gasteiger partial charge in [-0.2, -0.15) is 13.2 Å². The maximum absolute atomic E-state index is 12.8. The van der Waals surface area contributed by atoms with Gasteiger partial charge in [0, 0.05) is 19.3 Å². The highest BCUT2D eigenvalue weighted by Crippen LogP contribution is 2.33. The van der Waals surface area contributed by atoms with E-state index in [9.17, 15) is 18.0 Å². The highest BCUT2D eigenvalue weighted by atomic mass is 19.4. The second-order valence-electron chi connectivity index (χ2n) is 5.27. The molecule has 0 radical (unpaired) electrons. The predicted molar refractivity (Wildman–Crippen MR) is 92.1 cm³/mol. The van der Waals surface area contributed by atoms with E-state index in [1.54, 1.807) is 18.2 Å². The summed E-state index contributed by atoms with van der Waals surface area (Å²) in [4.78, 5) is 18.1. The van der Waals surface area contributed by atoms with Gasteiger partial charge in [0.1, 0.15) is 11.3 Å². The summed E-state index contributed by atoms with van der Waals surface area (Å²) in [6.45, 7) is 7.76. The molecule has 2 rings (SSSR count). The first-order valence-electron chi connectivity index (χ1n) is 7.68. The van der Waals surface area contributed by atoms with Crippen molar-refractivity contribution in [2.75, 3.05) is 13.1 Å². The van der Waals surface area contributed by atoms with E-state index in [1.807, 2.05) is 0 Å². The Balaban J connectivity index is 2.33. The molecule has 0 fully saturated rings. The Labute approximate surface area is 149 Å². The van der Waals surface area contributed by atoms with Crippen molar-refractivity contribution in [1.29, 1.82) is 0 Å². The molecule has 1 aromatic heterocycles. The van der Waals surface area contributed by atoms with Gasteiger partial charge in [0.15, 0.2) is 0 Å². The molecule has 0 aliphatic carbocycles. The fourth-order valence-electron chi connectivity index (χ4n) is 2.20. The van der Waals surface area contributed by atoms with Crippen LogP contribution in [0.2, 0.25) is 0 Å². The number of rotatable bonds is 7. The lowest BCUT2D eigenvalue weighted by atomic mass is 10.2. The van der Waals surface area contributed by atoms with Crippen molar-refractivity contribution in [2.45, 2.75) is 6.18 Å². The number of carbonyl (C=O) groups excluding carboxylic acids is 1. The molecule has 0 saturated carbocycles. The van der Waals surface area contributed by atoms with E-state index in [0.717, 1.165) is 12.1 Å². The second kappa shape index (κ2) is 8.33. The molecule has 7 heteroatoms. The molecule has 1 heterocycles. The normalized spacial score (nSPS) is 10.9. The highest BCUT2D eigenvalue weighted by molar-refractivity contribution is 5.96. The van der Waals surface area contributed by atoms with Crippen LogP contribution in [0.25, 0.3) is 0 Å². The molecule has 26 heavy (non-hydrogen) atoms. The molecule has 0 aliphatic heterocycles. The van der Waals surface area contributed by atoms with Crippen LogP contribution in [0.5, 0.6) is 11.6 Å². The zero-order valence-electron chi connectivity index (χ0n) is 13.9. The van der Waals surface area contributed by atoms with Crippen LogP contribution in [-0.4, -0.2) is 28.9 Å². The van der Waals surface area contributed by atoms with Gasteiger partial charge in [-0.25, -0.2) is 4.98 Å². The molecule has 0 bridgehead atoms. The van der Waals surface area contributed by atoms with Crippen LogP contribution in [0, 0.1) is 0 Å². The summed E-state index contributed by atoms with van der Waals surface area (Å²) in [6.07, 6.45) is 0.0220. The van der Waals surface area contributed by atoms with Crippen molar-refractivity contribution in [3.8, 4) is 11.6 Å². The molecule has 0 aliphatic rings. The van der Waals surface area contributed by atoms with Crippen LogP contribution in [-0.2, 0) is 6.18 Å². The summed E-state index contributed by atoms with van der Waals surface area (Å²) in [6, 6.07) is 7.43. The van der Waals surface area contributed by atoms with E-state index >= 15 is 0 Å². The van der Waals surface area contributed by atoms with Crippen LogP contribution < -0.4 is 4.74 Å². The van der Waals surface area contributed by atoms with Gasteiger partial charge < -0.3 is 9.64 Å². The van der Waals surface area contributed by atoms with E-state index in [1.165, 1.54) is 29.3 Å². The number of ether oxygens (including phenoxy) is 1. The van der Waals surface area contributed by atoms with Gasteiger partial charge in [-0.3, -0.25) is 4.79 Å². The third-order valence-corrected chi connectivity index (χ3v) is 3.36. The lowest BCUT2D eigenvalue weighted by Gasteiger charge is -2.20. The molecular formula is C19H17F3N2O2. The number of carbonyl (C=O) groups is 1. The van der Waals surface area contributed by atoms with Gasteiger partial charge >= 0.3 is 6.18 Å². The summed E-state index contributed by atoms with van der Waals surface area (Å²) in [7, 11) is 0. The molecule has 0 N–H and O–H groups in total. The van der Waals surface area contributed by atoms with Crippen molar-refractivity contribution >= 4 is 5.91 Å². The quantitative estimate of drug-likeness (QED) is 0.670. The van der Waals surface area contributed by atoms with Crippen molar-refractivity contribution in [3.63, 3.8) is 0 Å². The Morgan fingerprint density at radius 3 is 2.46 bits per heavy atom. The monoisotopic (exact) mass is 362 g/mol. The Kier molecular flexibility index (Phi) is 6.16. The van der Waals surface area contributed by atoms with E-state index in [0.29, 0.717) is 0 Å². The average molecular weight is 362 g/mol. The van der Waals surface area contributed by atoms with Crippen LogP contribution >= 0.6 is 0 Å². The van der Waals surface area contributed by atoms with Gasteiger partial charge in [0.2, 0.25) is 5.88 Å². The fraction of sp³-hybridized carbons (Fsp3) is 0.158. The van der Waals surface area contributed by atoms with E-state index in [2.05, 4.69) is 18.1 Å². The summed E-state index contributed by atoms with van der Waals surface area (Å²) in [5.74, 6) is -0.526. The summed E-state index contributed by atoms with van der Waals surface area (Å²) < 4.78 is 44.0. The molecule has 4 nitrogen and oxygen atoms in total. The number of benzene rings is 1. The van der Waals surface area contributed by atoms with Gasteiger partial charge in [0.05, 0.1) is 5.56 Å². The lowest BCUT2D eigenvalue weighted by Crippen LogP contribution is -2.31. The van der Waals surface area contributed by atoms with Gasteiger partial charge in [-0.05, 0) is 30.3 Å². The smallest absolute Gasteiger partial charge is 0.416 e. The zero-order chi connectivity index (χ0) is 19.2. The molecule has 1 aromatic carbocycles. The largest absolute Gasteiger partial charge is 0.438 e. The Hall–Kier alpha value is -3.09. The maximum atomic E-state index is 12.8.